The van der Waals surface area contributed by atoms with E-state index >= 15 is 4.79 Å². The maximum atomic E-state index is 15.1. The third kappa shape index (κ3) is 8.19. The maximum absolute atomic E-state index is 15.1. The summed E-state index contributed by atoms with van der Waals surface area (Å²) in [5.74, 6) is -3.59. The van der Waals surface area contributed by atoms with E-state index in [4.69, 9.17) is 16.3 Å². The number of ether oxygens (including phenoxy) is 1. The number of carbonyl (C=O) groups excluding carboxylic acids is 3. The third-order valence-electron chi connectivity index (χ3n) is 8.58. The number of guanidine groups is 1. The van der Waals surface area contributed by atoms with E-state index in [0.717, 1.165) is 23.9 Å². The van der Waals surface area contributed by atoms with Crippen molar-refractivity contribution in [1.82, 2.24) is 35.3 Å². The highest BCUT2D eigenvalue weighted by Gasteiger charge is 2.55. The van der Waals surface area contributed by atoms with Crippen molar-refractivity contribution in [1.29, 1.82) is 0 Å². The summed E-state index contributed by atoms with van der Waals surface area (Å²) < 4.78 is 73.9. The summed E-state index contributed by atoms with van der Waals surface area (Å²) in [5, 5.41) is 8.38. The number of hydrogen-bond donors (Lipinski definition) is 3. The number of halogens is 6. The van der Waals surface area contributed by atoms with Gasteiger partial charge in [-0.2, -0.15) is 27.1 Å². The van der Waals surface area contributed by atoms with Gasteiger partial charge in [-0.1, -0.05) is 62.7 Å². The van der Waals surface area contributed by atoms with E-state index in [2.05, 4.69) is 25.4 Å². The molecular weight excluding hydrogens is 727 g/mol. The lowest BCUT2D eigenvalue weighted by Crippen LogP contribution is -2.51. The van der Waals surface area contributed by atoms with Crippen LogP contribution in [0.2, 0.25) is 5.02 Å². The fourth-order valence-corrected chi connectivity index (χ4v) is 6.29. The Hall–Kier alpha value is -5.32. The van der Waals surface area contributed by atoms with E-state index in [-0.39, 0.29) is 28.6 Å². The topological polar surface area (TPSA) is 147 Å². The first kappa shape index (κ1) is 37.4. The van der Waals surface area contributed by atoms with Crippen LogP contribution >= 0.6 is 11.6 Å². The Morgan fingerprint density at radius 3 is 2.40 bits per heavy atom. The van der Waals surface area contributed by atoms with Crippen LogP contribution in [-0.4, -0.2) is 67.3 Å². The summed E-state index contributed by atoms with van der Waals surface area (Å²) in [6, 6.07) is 9.24. The van der Waals surface area contributed by atoms with Gasteiger partial charge in [-0.15, -0.1) is 0 Å². The number of alkyl halides is 5. The van der Waals surface area contributed by atoms with E-state index < -0.39 is 60.2 Å². The molecule has 2 atom stereocenters. The lowest BCUT2D eigenvalue weighted by Gasteiger charge is -2.35. The number of alkyl carbamates (subject to hydrolysis) is 1. The Morgan fingerprint density at radius 2 is 1.81 bits per heavy atom. The highest BCUT2D eigenvalue weighted by Crippen LogP contribution is 2.46. The standard InChI is InChI=1S/C35H34ClF5N8O4/c1-33(2,3)18-34(22-7-4-19(5-8-22)21-15-44-48(16-21)30(37)38)29(51)49(31(47-34)46-28(50)35(39,40)41)26(17-53-32(52)45-23-9-10-23)20-6-11-25(36)24(14-20)27-42-12-13-43-27/h4-8,11-16,23,26,30H,9-10,17-18H2,1-3H3,(H,42,43)(H,45,52)(H,46,47,50). The SMILES string of the molecule is CC(C)(C)CC1(c2ccc(-c3cnn(C(F)F)c3)cc2)N=C(NC(=O)C(F)(F)F)N(C(COC(=O)NC2CC2)c2ccc(Cl)c(-c3ncc[nH]3)c2)C1=O. The number of aromatic amines is 1. The molecule has 0 bridgehead atoms. The number of aromatic nitrogens is 4. The molecule has 53 heavy (non-hydrogen) atoms. The van der Waals surface area contributed by atoms with Gasteiger partial charge in [0.05, 0.1) is 17.3 Å². The molecule has 4 aromatic rings. The predicted molar refractivity (Wildman–Crippen MR) is 182 cm³/mol. The smallest absolute Gasteiger partial charge is 0.447 e. The summed E-state index contributed by atoms with van der Waals surface area (Å²) in [6.07, 6.45) is 0.684. The molecule has 0 radical (unpaired) electrons. The normalized spacial score (nSPS) is 18.3. The van der Waals surface area contributed by atoms with Crippen molar-refractivity contribution in [3.05, 3.63) is 83.4 Å². The molecule has 1 fully saturated rings. The lowest BCUT2D eigenvalue weighted by molar-refractivity contribution is -0.172. The minimum absolute atomic E-state index is 0.0581. The van der Waals surface area contributed by atoms with Gasteiger partial charge in [0.2, 0.25) is 5.96 Å². The van der Waals surface area contributed by atoms with Crippen molar-refractivity contribution in [2.45, 2.75) is 70.4 Å². The number of amides is 3. The predicted octanol–water partition coefficient (Wildman–Crippen LogP) is 7.13. The van der Waals surface area contributed by atoms with Crippen molar-refractivity contribution in [3.8, 4) is 22.5 Å². The van der Waals surface area contributed by atoms with Crippen LogP contribution in [0.25, 0.3) is 22.5 Å². The molecule has 3 N–H and O–H groups in total. The van der Waals surface area contributed by atoms with Gasteiger partial charge in [0.25, 0.3) is 5.91 Å². The Morgan fingerprint density at radius 1 is 1.09 bits per heavy atom. The number of nitrogens with zero attached hydrogens (tertiary/aromatic N) is 5. The number of benzene rings is 2. The molecule has 0 spiro atoms. The van der Waals surface area contributed by atoms with Gasteiger partial charge >= 0.3 is 24.7 Å². The second-order valence-corrected chi connectivity index (χ2v) is 14.3. The van der Waals surface area contributed by atoms with Crippen molar-refractivity contribution in [3.63, 3.8) is 0 Å². The molecular formula is C35H34ClF5N8O4. The van der Waals surface area contributed by atoms with Gasteiger partial charge in [0, 0.05) is 35.8 Å². The van der Waals surface area contributed by atoms with Crippen LogP contribution in [0, 0.1) is 5.41 Å². The van der Waals surface area contributed by atoms with E-state index in [9.17, 15) is 31.5 Å². The summed E-state index contributed by atoms with van der Waals surface area (Å²) in [5.41, 5.74) is -0.917. The minimum atomic E-state index is -5.36. The average Bonchev–Trinajstić information content (AvgIpc) is 3.44. The highest BCUT2D eigenvalue weighted by molar-refractivity contribution is 6.33. The van der Waals surface area contributed by atoms with E-state index in [1.165, 1.54) is 36.7 Å². The van der Waals surface area contributed by atoms with E-state index in [1.807, 2.05) is 0 Å². The molecule has 3 heterocycles. The molecule has 280 valence electrons. The first-order valence-corrected chi connectivity index (χ1v) is 16.8. The second kappa shape index (κ2) is 14.2. The fraction of sp³-hybridized carbons (Fsp3) is 0.371. The zero-order chi connectivity index (χ0) is 38.3. The number of rotatable bonds is 10. The zero-order valence-electron chi connectivity index (χ0n) is 28.5. The molecule has 2 aliphatic rings. The first-order chi connectivity index (χ1) is 24.9. The first-order valence-electron chi connectivity index (χ1n) is 16.4. The van der Waals surface area contributed by atoms with Crippen LogP contribution in [0.3, 0.4) is 0 Å². The monoisotopic (exact) mass is 760 g/mol. The molecule has 1 aliphatic carbocycles. The van der Waals surface area contributed by atoms with E-state index in [1.54, 1.807) is 50.5 Å². The molecule has 2 aromatic heterocycles. The average molecular weight is 761 g/mol. The van der Waals surface area contributed by atoms with E-state index in [0.29, 0.717) is 27.2 Å². The van der Waals surface area contributed by atoms with Gasteiger partial charge < -0.3 is 15.0 Å². The Labute approximate surface area is 304 Å². The Bertz CT molecular complexity index is 2020. The summed E-state index contributed by atoms with van der Waals surface area (Å²) in [6.45, 7) is 1.98. The second-order valence-electron chi connectivity index (χ2n) is 13.9. The summed E-state index contributed by atoms with van der Waals surface area (Å²) >= 11 is 6.51. The molecule has 6 rings (SSSR count). The fourth-order valence-electron chi connectivity index (χ4n) is 6.09. The summed E-state index contributed by atoms with van der Waals surface area (Å²) in [4.78, 5) is 53.0. The highest BCUT2D eigenvalue weighted by atomic mass is 35.5. The maximum Gasteiger partial charge on any atom is 0.471 e. The van der Waals surface area contributed by atoms with Crippen LogP contribution in [0.5, 0.6) is 0 Å². The van der Waals surface area contributed by atoms with Crippen molar-refractivity contribution >= 4 is 35.5 Å². The Kier molecular flexibility index (Phi) is 10.1. The lowest BCUT2D eigenvalue weighted by atomic mass is 9.75. The number of aliphatic imine (C=N–C) groups is 1. The van der Waals surface area contributed by atoms with Crippen molar-refractivity contribution < 1.29 is 41.1 Å². The van der Waals surface area contributed by atoms with Crippen LogP contribution in [0.15, 0.2) is 72.2 Å². The van der Waals surface area contributed by atoms with Crippen LogP contribution in [-0.2, 0) is 19.9 Å². The molecule has 0 saturated heterocycles. The quantitative estimate of drug-likeness (QED) is 0.147. The molecule has 1 saturated carbocycles. The molecule has 2 aromatic carbocycles. The molecule has 2 unspecified atom stereocenters. The van der Waals surface area contributed by atoms with Gasteiger partial charge in [0.1, 0.15) is 12.4 Å². The largest absolute Gasteiger partial charge is 0.471 e. The van der Waals surface area contributed by atoms with Gasteiger partial charge in [0.15, 0.2) is 5.54 Å². The third-order valence-corrected chi connectivity index (χ3v) is 8.91. The van der Waals surface area contributed by atoms with Crippen molar-refractivity contribution in [2.24, 2.45) is 10.4 Å². The van der Waals surface area contributed by atoms with Gasteiger partial charge in [-0.05, 0) is 53.5 Å². The van der Waals surface area contributed by atoms with Crippen LogP contribution in [0.4, 0.5) is 26.7 Å². The van der Waals surface area contributed by atoms with Crippen LogP contribution < -0.4 is 10.6 Å². The van der Waals surface area contributed by atoms with Crippen LogP contribution in [0.1, 0.15) is 63.8 Å². The van der Waals surface area contributed by atoms with Gasteiger partial charge in [-0.25, -0.2) is 19.5 Å². The number of nitrogens with one attached hydrogen (secondary N) is 3. The molecule has 12 nitrogen and oxygen atoms in total. The van der Waals surface area contributed by atoms with Crippen molar-refractivity contribution in [2.75, 3.05) is 6.61 Å². The Balaban J connectivity index is 1.48. The summed E-state index contributed by atoms with van der Waals surface area (Å²) in [7, 11) is 0. The number of H-pyrrole nitrogens is 1. The number of imidazole rings is 1. The molecule has 18 heteroatoms. The minimum Gasteiger partial charge on any atom is -0.447 e. The number of carbonyl (C=O) groups is 3. The van der Waals surface area contributed by atoms with Gasteiger partial charge in [-0.3, -0.25) is 19.8 Å². The molecule has 1 aliphatic heterocycles. The molecule has 3 amide bonds. The zero-order valence-corrected chi connectivity index (χ0v) is 29.3. The number of hydrogen-bond acceptors (Lipinski definition) is 7.